The van der Waals surface area contributed by atoms with Gasteiger partial charge in [-0.05, 0) is 55.3 Å². The Kier molecular flexibility index (Phi) is 6.58. The summed E-state index contributed by atoms with van der Waals surface area (Å²) in [5, 5.41) is 1.84. The number of rotatable bonds is 6. The molecular formula is C19H23ClNO4P. The van der Waals surface area contributed by atoms with Crippen molar-refractivity contribution in [3.8, 4) is 5.75 Å². The molecule has 0 bridgehead atoms. The Bertz CT molecular complexity index is 789. The minimum Gasteiger partial charge on any atom is -0.461 e. The van der Waals surface area contributed by atoms with Crippen LogP contribution in [0, 0.1) is 0 Å². The molecule has 1 unspecified atom stereocenters. The van der Waals surface area contributed by atoms with Gasteiger partial charge in [0.25, 0.3) is 7.30 Å². The molecule has 2 atom stereocenters. The topological polar surface area (TPSA) is 55.8 Å². The van der Waals surface area contributed by atoms with Gasteiger partial charge in [0, 0.05) is 5.39 Å². The highest BCUT2D eigenvalue weighted by Crippen LogP contribution is 2.38. The molecule has 0 N–H and O–H groups in total. The van der Waals surface area contributed by atoms with Crippen molar-refractivity contribution in [3.63, 3.8) is 0 Å². The van der Waals surface area contributed by atoms with Gasteiger partial charge in [-0.1, -0.05) is 47.7 Å². The molecule has 1 saturated carbocycles. The molecule has 0 spiro atoms. The summed E-state index contributed by atoms with van der Waals surface area (Å²) in [5.74, 6) is 0.0375. The van der Waals surface area contributed by atoms with Crippen molar-refractivity contribution in [1.82, 2.24) is 4.83 Å². The lowest BCUT2D eigenvalue weighted by molar-refractivity contribution is -0.161. The van der Waals surface area contributed by atoms with Gasteiger partial charge in [-0.15, -0.1) is 0 Å². The fourth-order valence-corrected chi connectivity index (χ4v) is 4.31. The van der Waals surface area contributed by atoms with Crippen LogP contribution in [0.4, 0.5) is 0 Å². The van der Waals surface area contributed by atoms with Gasteiger partial charge in [-0.25, -0.2) is 0 Å². The number of ether oxygens (including phenoxy) is 1. The number of carbonyl (C=O) groups excluding carboxylic acids is 1. The predicted octanol–water partition coefficient (Wildman–Crippen LogP) is 5.33. The molecule has 7 heteroatoms. The minimum atomic E-state index is -2.79. The maximum absolute atomic E-state index is 12.5. The third kappa shape index (κ3) is 4.59. The Morgan fingerprint density at radius 3 is 2.58 bits per heavy atom. The van der Waals surface area contributed by atoms with Crippen LogP contribution >= 0.6 is 18.5 Å². The van der Waals surface area contributed by atoms with Crippen LogP contribution < -0.4 is 4.84 Å². The second kappa shape index (κ2) is 8.90. The fourth-order valence-electron chi connectivity index (χ4n) is 3.19. The molecule has 5 nitrogen and oxygen atoms in total. The number of benzene rings is 2. The molecule has 26 heavy (non-hydrogen) atoms. The molecule has 0 amide bonds. The van der Waals surface area contributed by atoms with Gasteiger partial charge in [-0.3, -0.25) is 9.36 Å². The van der Waals surface area contributed by atoms with Crippen molar-refractivity contribution < 1.29 is 18.9 Å². The summed E-state index contributed by atoms with van der Waals surface area (Å²) >= 11 is 5.87. The van der Waals surface area contributed by atoms with E-state index in [4.69, 9.17) is 20.8 Å². The monoisotopic (exact) mass is 395 g/mol. The van der Waals surface area contributed by atoms with Gasteiger partial charge in [-0.2, -0.15) is 0 Å². The Morgan fingerprint density at radius 1 is 1.15 bits per heavy atom. The standard InChI is InChI=1S/C19H23ClNO4P/c1-14(19(22)24-16-10-3-2-4-11-16)21(26(20)23)25-18-13-7-9-15-8-5-6-12-17(15)18/h5-9,12-14,16,26H,2-4,10-11H2,1H3/t14-/m0/s1. The van der Waals surface area contributed by atoms with Crippen molar-refractivity contribution in [2.24, 2.45) is 0 Å². The molecule has 0 radical (unpaired) electrons. The Labute approximate surface area is 158 Å². The molecule has 140 valence electrons. The van der Waals surface area contributed by atoms with Gasteiger partial charge in [0.15, 0.2) is 5.75 Å². The second-order valence-corrected chi connectivity index (χ2v) is 8.44. The average Bonchev–Trinajstić information content (AvgIpc) is 2.66. The number of hydrogen-bond acceptors (Lipinski definition) is 4. The first-order chi connectivity index (χ1) is 12.6. The molecule has 1 aliphatic rings. The zero-order valence-electron chi connectivity index (χ0n) is 14.7. The van der Waals surface area contributed by atoms with Gasteiger partial charge in [0.2, 0.25) is 0 Å². The highest BCUT2D eigenvalue weighted by molar-refractivity contribution is 7.71. The van der Waals surface area contributed by atoms with Crippen LogP contribution in [-0.2, 0) is 14.1 Å². The van der Waals surface area contributed by atoms with Gasteiger partial charge in [0.1, 0.15) is 12.1 Å². The molecule has 3 rings (SSSR count). The van der Waals surface area contributed by atoms with E-state index in [9.17, 15) is 9.36 Å². The van der Waals surface area contributed by atoms with E-state index in [1.165, 1.54) is 6.42 Å². The summed E-state index contributed by atoms with van der Waals surface area (Å²) in [6, 6.07) is 12.4. The minimum absolute atomic E-state index is 0.0734. The van der Waals surface area contributed by atoms with E-state index in [-0.39, 0.29) is 6.10 Å². The smallest absolute Gasteiger partial charge is 0.327 e. The van der Waals surface area contributed by atoms with E-state index < -0.39 is 19.3 Å². The van der Waals surface area contributed by atoms with Crippen molar-refractivity contribution in [2.75, 3.05) is 0 Å². The van der Waals surface area contributed by atoms with Crippen LogP contribution in [0.3, 0.4) is 0 Å². The normalized spacial score (nSPS) is 17.8. The molecule has 0 aromatic heterocycles. The van der Waals surface area contributed by atoms with Crippen LogP contribution in [0.15, 0.2) is 42.5 Å². The van der Waals surface area contributed by atoms with Crippen molar-refractivity contribution in [2.45, 2.75) is 51.2 Å². The average molecular weight is 396 g/mol. The number of hydroxylamine groups is 1. The van der Waals surface area contributed by atoms with Crippen LogP contribution in [0.1, 0.15) is 39.0 Å². The third-order valence-electron chi connectivity index (χ3n) is 4.65. The molecule has 1 fully saturated rings. The number of esters is 1. The first kappa shape index (κ1) is 19.2. The van der Waals surface area contributed by atoms with E-state index in [2.05, 4.69) is 0 Å². The molecular weight excluding hydrogens is 373 g/mol. The maximum Gasteiger partial charge on any atom is 0.327 e. The molecule has 2 aromatic rings. The second-order valence-electron chi connectivity index (χ2n) is 6.52. The quantitative estimate of drug-likeness (QED) is 0.376. The summed E-state index contributed by atoms with van der Waals surface area (Å²) in [5.41, 5.74) is 0. The summed E-state index contributed by atoms with van der Waals surface area (Å²) in [4.78, 5) is 19.3. The van der Waals surface area contributed by atoms with E-state index in [1.54, 1.807) is 13.0 Å². The zero-order chi connectivity index (χ0) is 18.5. The van der Waals surface area contributed by atoms with Crippen molar-refractivity contribution in [1.29, 1.82) is 0 Å². The maximum atomic E-state index is 12.5. The van der Waals surface area contributed by atoms with Crippen LogP contribution in [0.5, 0.6) is 5.75 Å². The molecule has 0 heterocycles. The van der Waals surface area contributed by atoms with Gasteiger partial charge in [0.05, 0.1) is 0 Å². The summed E-state index contributed by atoms with van der Waals surface area (Å²) in [6.07, 6.45) is 4.98. The zero-order valence-corrected chi connectivity index (χ0v) is 16.4. The van der Waals surface area contributed by atoms with Gasteiger partial charge < -0.3 is 9.57 Å². The number of halogens is 1. The lowest BCUT2D eigenvalue weighted by Gasteiger charge is -2.28. The van der Waals surface area contributed by atoms with Gasteiger partial charge >= 0.3 is 5.97 Å². The van der Waals surface area contributed by atoms with Crippen molar-refractivity contribution in [3.05, 3.63) is 42.5 Å². The number of fused-ring (bicyclic) bond motifs is 1. The molecule has 0 saturated heterocycles. The predicted molar refractivity (Wildman–Crippen MR) is 104 cm³/mol. The summed E-state index contributed by atoms with van der Waals surface area (Å²) in [7, 11) is -2.79. The number of hydrogen-bond donors (Lipinski definition) is 0. The summed E-state index contributed by atoms with van der Waals surface area (Å²) in [6.45, 7) is 1.60. The first-order valence-corrected chi connectivity index (χ1v) is 11.3. The molecule has 0 aliphatic heterocycles. The highest BCUT2D eigenvalue weighted by atomic mass is 35.7. The Balaban J connectivity index is 1.75. The van der Waals surface area contributed by atoms with E-state index in [0.29, 0.717) is 5.75 Å². The molecule has 1 aliphatic carbocycles. The first-order valence-electron chi connectivity index (χ1n) is 8.91. The van der Waals surface area contributed by atoms with E-state index in [1.807, 2.05) is 36.4 Å². The Morgan fingerprint density at radius 2 is 1.85 bits per heavy atom. The fraction of sp³-hybridized carbons (Fsp3) is 0.421. The largest absolute Gasteiger partial charge is 0.461 e. The van der Waals surface area contributed by atoms with Crippen LogP contribution in [0.2, 0.25) is 0 Å². The Hall–Kier alpha value is -1.55. The van der Waals surface area contributed by atoms with E-state index in [0.717, 1.165) is 41.3 Å². The lowest BCUT2D eigenvalue weighted by atomic mass is 9.98. The summed E-state index contributed by atoms with van der Waals surface area (Å²) < 4.78 is 17.6. The molecule has 2 aromatic carbocycles. The number of nitrogens with zero attached hydrogens (tertiary/aromatic N) is 1. The SMILES string of the molecule is C[C@@H](C(=O)OC1CCCCC1)N(Oc1cccc2ccccc12)[PH](=O)Cl. The van der Waals surface area contributed by atoms with Crippen molar-refractivity contribution >= 4 is 35.3 Å². The number of carbonyl (C=O) groups is 1. The highest BCUT2D eigenvalue weighted by Gasteiger charge is 2.31. The lowest BCUT2D eigenvalue weighted by Crippen LogP contribution is -2.39. The van der Waals surface area contributed by atoms with E-state index >= 15 is 0 Å². The van der Waals surface area contributed by atoms with Crippen LogP contribution in [-0.4, -0.2) is 22.9 Å². The third-order valence-corrected chi connectivity index (χ3v) is 5.97. The van der Waals surface area contributed by atoms with Crippen LogP contribution in [0.25, 0.3) is 10.8 Å².